The summed E-state index contributed by atoms with van der Waals surface area (Å²) in [4.78, 5) is 19.7. The zero-order chi connectivity index (χ0) is 21.3. The average Bonchev–Trinajstić information content (AvgIpc) is 3.25. The highest BCUT2D eigenvalue weighted by molar-refractivity contribution is 7.91. The molecule has 2 aromatic heterocycles. The second kappa shape index (κ2) is 8.29. The molecule has 156 valence electrons. The highest BCUT2D eigenvalue weighted by Crippen LogP contribution is 2.33. The van der Waals surface area contributed by atoms with Crippen LogP contribution in [0.1, 0.15) is 22.8 Å². The summed E-state index contributed by atoms with van der Waals surface area (Å²) < 4.78 is 28.4. The Bertz CT molecular complexity index is 1160. The van der Waals surface area contributed by atoms with Crippen molar-refractivity contribution >= 4 is 27.3 Å². The number of pyridine rings is 1. The minimum Gasteiger partial charge on any atom is -0.336 e. The molecule has 1 aliphatic rings. The lowest BCUT2D eigenvalue weighted by Crippen LogP contribution is -2.55. The van der Waals surface area contributed by atoms with Crippen LogP contribution in [-0.2, 0) is 10.0 Å². The molecule has 1 amide bonds. The second-order valence-electron chi connectivity index (χ2n) is 7.37. The molecule has 3 heterocycles. The van der Waals surface area contributed by atoms with Crippen LogP contribution in [0.4, 0.5) is 0 Å². The molecule has 8 heteroatoms. The third kappa shape index (κ3) is 3.90. The molecule has 0 bridgehead atoms. The number of hydrogen-bond donors (Lipinski definition) is 0. The average molecular weight is 442 g/mol. The Hall–Kier alpha value is -2.55. The largest absolute Gasteiger partial charge is 0.336 e. The molecule has 1 aliphatic heterocycles. The first-order chi connectivity index (χ1) is 14.4. The summed E-state index contributed by atoms with van der Waals surface area (Å²) >= 11 is 1.23. The van der Waals surface area contributed by atoms with Crippen molar-refractivity contribution in [2.24, 2.45) is 0 Å². The number of sulfonamides is 1. The first-order valence-corrected chi connectivity index (χ1v) is 12.0. The first-order valence-electron chi connectivity index (χ1n) is 9.76. The number of hydrogen-bond acceptors (Lipinski definition) is 5. The van der Waals surface area contributed by atoms with E-state index in [1.54, 1.807) is 29.3 Å². The van der Waals surface area contributed by atoms with Crippen LogP contribution < -0.4 is 0 Å². The van der Waals surface area contributed by atoms with Crippen LogP contribution in [0.3, 0.4) is 0 Å². The van der Waals surface area contributed by atoms with Gasteiger partial charge in [-0.2, -0.15) is 4.31 Å². The standard InChI is InChI=1S/C22H23N3O3S2/c1-16-7-6-12-23-21(16)19-10-11-20(29-19)30(27,28)25-14-13-24(15-17(25)2)22(26)18-8-4-3-5-9-18/h3-12,17H,13-15H2,1-2H3. The van der Waals surface area contributed by atoms with E-state index < -0.39 is 10.0 Å². The van der Waals surface area contributed by atoms with Crippen LogP contribution in [0, 0.1) is 6.92 Å². The van der Waals surface area contributed by atoms with E-state index >= 15 is 0 Å². The maximum atomic E-state index is 13.3. The normalized spacial score (nSPS) is 17.8. The van der Waals surface area contributed by atoms with Crippen molar-refractivity contribution in [3.05, 3.63) is 71.9 Å². The van der Waals surface area contributed by atoms with Crippen LogP contribution in [0.2, 0.25) is 0 Å². The molecule has 1 atom stereocenters. The number of amides is 1. The van der Waals surface area contributed by atoms with Crippen molar-refractivity contribution in [1.82, 2.24) is 14.2 Å². The number of thiophene rings is 1. The van der Waals surface area contributed by atoms with Gasteiger partial charge in [0.15, 0.2) is 0 Å². The van der Waals surface area contributed by atoms with Crippen molar-refractivity contribution in [3.63, 3.8) is 0 Å². The molecule has 1 saturated heterocycles. The number of benzene rings is 1. The quantitative estimate of drug-likeness (QED) is 0.620. The van der Waals surface area contributed by atoms with E-state index in [4.69, 9.17) is 0 Å². The van der Waals surface area contributed by atoms with Gasteiger partial charge < -0.3 is 4.90 Å². The van der Waals surface area contributed by atoms with Crippen LogP contribution in [0.5, 0.6) is 0 Å². The zero-order valence-electron chi connectivity index (χ0n) is 16.9. The fourth-order valence-electron chi connectivity index (χ4n) is 3.69. The van der Waals surface area contributed by atoms with Crippen molar-refractivity contribution in [3.8, 4) is 10.6 Å². The lowest BCUT2D eigenvalue weighted by Gasteiger charge is -2.38. The van der Waals surface area contributed by atoms with E-state index in [9.17, 15) is 13.2 Å². The Morgan fingerprint density at radius 2 is 1.83 bits per heavy atom. The predicted molar refractivity (Wildman–Crippen MR) is 118 cm³/mol. The summed E-state index contributed by atoms with van der Waals surface area (Å²) in [5.74, 6) is -0.0662. The molecule has 0 saturated carbocycles. The smallest absolute Gasteiger partial charge is 0.253 e. The van der Waals surface area contributed by atoms with E-state index in [1.165, 1.54) is 15.6 Å². The molecule has 0 spiro atoms. The molecule has 6 nitrogen and oxygen atoms in total. The molecule has 0 radical (unpaired) electrons. The molecule has 3 aromatic rings. The van der Waals surface area contributed by atoms with Gasteiger partial charge in [0.05, 0.1) is 10.6 Å². The van der Waals surface area contributed by atoms with Crippen molar-refractivity contribution in [2.45, 2.75) is 24.1 Å². The van der Waals surface area contributed by atoms with Crippen LogP contribution in [0.15, 0.2) is 65.0 Å². The minimum atomic E-state index is -3.64. The van der Waals surface area contributed by atoms with Gasteiger partial charge in [-0.05, 0) is 49.7 Å². The summed E-state index contributed by atoms with van der Waals surface area (Å²) in [6.45, 7) is 4.82. The molecule has 0 N–H and O–H groups in total. The number of aryl methyl sites for hydroxylation is 1. The Morgan fingerprint density at radius 3 is 2.53 bits per heavy atom. The molecular formula is C22H23N3O3S2. The van der Waals surface area contributed by atoms with Gasteiger partial charge in [0, 0.05) is 37.4 Å². The number of aromatic nitrogens is 1. The Kier molecular flexibility index (Phi) is 5.73. The van der Waals surface area contributed by atoms with Gasteiger partial charge in [-0.1, -0.05) is 24.3 Å². The second-order valence-corrected chi connectivity index (χ2v) is 10.6. The summed E-state index contributed by atoms with van der Waals surface area (Å²) in [6.07, 6.45) is 1.71. The van der Waals surface area contributed by atoms with Crippen molar-refractivity contribution in [2.75, 3.05) is 19.6 Å². The van der Waals surface area contributed by atoms with E-state index in [0.29, 0.717) is 22.9 Å². The maximum absolute atomic E-state index is 13.3. The van der Waals surface area contributed by atoms with Gasteiger partial charge in [0.2, 0.25) is 0 Å². The van der Waals surface area contributed by atoms with Gasteiger partial charge in [-0.15, -0.1) is 11.3 Å². The molecule has 4 rings (SSSR count). The lowest BCUT2D eigenvalue weighted by molar-refractivity contribution is 0.0642. The predicted octanol–water partition coefficient (Wildman–Crippen LogP) is 3.65. The van der Waals surface area contributed by atoms with E-state index in [2.05, 4.69) is 4.98 Å². The topological polar surface area (TPSA) is 70.6 Å². The van der Waals surface area contributed by atoms with E-state index in [0.717, 1.165) is 16.1 Å². The summed E-state index contributed by atoms with van der Waals surface area (Å²) in [6, 6.07) is 16.1. The zero-order valence-corrected chi connectivity index (χ0v) is 18.5. The third-order valence-corrected chi connectivity index (χ3v) is 8.83. The van der Waals surface area contributed by atoms with Gasteiger partial charge in [-0.25, -0.2) is 8.42 Å². The van der Waals surface area contributed by atoms with Crippen LogP contribution in [-0.4, -0.2) is 54.2 Å². The molecule has 1 fully saturated rings. The highest BCUT2D eigenvalue weighted by Gasteiger charge is 2.36. The number of nitrogens with zero attached hydrogens (tertiary/aromatic N) is 3. The summed E-state index contributed by atoms with van der Waals surface area (Å²) in [5.41, 5.74) is 2.43. The highest BCUT2D eigenvalue weighted by atomic mass is 32.2. The summed E-state index contributed by atoms with van der Waals surface area (Å²) in [5, 5.41) is 0. The third-order valence-electron chi connectivity index (χ3n) is 5.26. The Morgan fingerprint density at radius 1 is 1.07 bits per heavy atom. The van der Waals surface area contributed by atoms with Crippen LogP contribution >= 0.6 is 11.3 Å². The first kappa shape index (κ1) is 20.7. The molecule has 0 aliphatic carbocycles. The molecule has 1 unspecified atom stereocenters. The number of piperazine rings is 1. The maximum Gasteiger partial charge on any atom is 0.253 e. The summed E-state index contributed by atoms with van der Waals surface area (Å²) in [7, 11) is -3.64. The molecular weight excluding hydrogens is 418 g/mol. The Labute approximate surface area is 180 Å². The lowest BCUT2D eigenvalue weighted by atomic mass is 10.1. The number of rotatable bonds is 4. The minimum absolute atomic E-state index is 0.0662. The Balaban J connectivity index is 1.52. The fraction of sp³-hybridized carbons (Fsp3) is 0.273. The molecule has 1 aromatic carbocycles. The number of carbonyl (C=O) groups excluding carboxylic acids is 1. The van der Waals surface area contributed by atoms with Gasteiger partial charge in [-0.3, -0.25) is 9.78 Å². The van der Waals surface area contributed by atoms with E-state index in [-0.39, 0.29) is 18.5 Å². The SMILES string of the molecule is Cc1cccnc1-c1ccc(S(=O)(=O)N2CCN(C(=O)c3ccccc3)CC2C)s1. The van der Waals surface area contributed by atoms with Gasteiger partial charge in [0.25, 0.3) is 15.9 Å². The fourth-order valence-corrected chi connectivity index (χ4v) is 6.80. The van der Waals surface area contributed by atoms with Crippen molar-refractivity contribution in [1.29, 1.82) is 0 Å². The molecule has 30 heavy (non-hydrogen) atoms. The van der Waals surface area contributed by atoms with Gasteiger partial charge >= 0.3 is 0 Å². The monoisotopic (exact) mass is 441 g/mol. The van der Waals surface area contributed by atoms with Gasteiger partial charge in [0.1, 0.15) is 4.21 Å². The van der Waals surface area contributed by atoms with Crippen molar-refractivity contribution < 1.29 is 13.2 Å². The number of carbonyl (C=O) groups is 1. The van der Waals surface area contributed by atoms with E-state index in [1.807, 2.05) is 50.2 Å². The van der Waals surface area contributed by atoms with Crippen LogP contribution in [0.25, 0.3) is 10.6 Å².